The Morgan fingerprint density at radius 2 is 1.95 bits per heavy atom. The van der Waals surface area contributed by atoms with Crippen molar-refractivity contribution < 1.29 is 4.74 Å². The van der Waals surface area contributed by atoms with E-state index in [9.17, 15) is 0 Å². The van der Waals surface area contributed by atoms with Gasteiger partial charge in [-0.25, -0.2) is 4.98 Å². The minimum absolute atomic E-state index is 0.236. The van der Waals surface area contributed by atoms with E-state index in [2.05, 4.69) is 23.0 Å². The number of aryl methyl sites for hydroxylation is 2. The fraction of sp³-hybridized carbons (Fsp3) is 0.200. The predicted molar refractivity (Wildman–Crippen MR) is 82.6 cm³/mol. The zero-order valence-corrected chi connectivity index (χ0v) is 12.4. The molecule has 2 heterocycles. The summed E-state index contributed by atoms with van der Waals surface area (Å²) < 4.78 is 5.97. The number of rotatable bonds is 2. The molecule has 0 atom stereocenters. The highest BCUT2D eigenvalue weighted by Gasteiger charge is 2.12. The first-order chi connectivity index (χ1) is 9.54. The van der Waals surface area contributed by atoms with Gasteiger partial charge in [0, 0.05) is 4.88 Å². The van der Waals surface area contributed by atoms with Crippen LogP contribution in [-0.2, 0) is 0 Å². The van der Waals surface area contributed by atoms with Crippen LogP contribution in [0.4, 0.5) is 5.95 Å². The van der Waals surface area contributed by atoms with E-state index in [-0.39, 0.29) is 5.95 Å². The topological polar surface area (TPSA) is 61.0 Å². The smallest absolute Gasteiger partial charge is 0.232 e. The summed E-state index contributed by atoms with van der Waals surface area (Å²) in [6.07, 6.45) is 0. The lowest BCUT2D eigenvalue weighted by molar-refractivity contribution is 0.465. The van der Waals surface area contributed by atoms with E-state index >= 15 is 0 Å². The molecule has 102 valence electrons. The van der Waals surface area contributed by atoms with E-state index in [1.807, 2.05) is 32.0 Å². The third-order valence-electron chi connectivity index (χ3n) is 3.26. The molecule has 0 aliphatic rings. The van der Waals surface area contributed by atoms with Crippen molar-refractivity contribution in [2.45, 2.75) is 20.8 Å². The van der Waals surface area contributed by atoms with Crippen LogP contribution in [0.25, 0.3) is 10.2 Å². The molecule has 3 rings (SSSR count). The fourth-order valence-electron chi connectivity index (χ4n) is 2.05. The largest absolute Gasteiger partial charge is 0.438 e. The first kappa shape index (κ1) is 12.9. The molecule has 3 aromatic rings. The average molecular weight is 285 g/mol. The highest BCUT2D eigenvalue weighted by Crippen LogP contribution is 2.34. The van der Waals surface area contributed by atoms with E-state index in [4.69, 9.17) is 10.5 Å². The Morgan fingerprint density at radius 1 is 1.15 bits per heavy atom. The number of aromatic nitrogens is 2. The van der Waals surface area contributed by atoms with Gasteiger partial charge in [-0.2, -0.15) is 4.98 Å². The van der Waals surface area contributed by atoms with Crippen LogP contribution in [0.2, 0.25) is 0 Å². The van der Waals surface area contributed by atoms with Crippen molar-refractivity contribution in [3.8, 4) is 11.6 Å². The molecular weight excluding hydrogens is 270 g/mol. The summed E-state index contributed by atoms with van der Waals surface area (Å²) in [6.45, 7) is 6.12. The lowest BCUT2D eigenvalue weighted by Gasteiger charge is -2.10. The van der Waals surface area contributed by atoms with E-state index in [0.717, 1.165) is 26.4 Å². The molecule has 2 aromatic heterocycles. The lowest BCUT2D eigenvalue weighted by Crippen LogP contribution is -1.98. The number of anilines is 1. The van der Waals surface area contributed by atoms with E-state index in [1.165, 1.54) is 5.56 Å². The number of benzene rings is 1. The second kappa shape index (κ2) is 4.76. The average Bonchev–Trinajstić information content (AvgIpc) is 2.75. The monoisotopic (exact) mass is 285 g/mol. The van der Waals surface area contributed by atoms with Gasteiger partial charge in [0.1, 0.15) is 10.6 Å². The first-order valence-corrected chi connectivity index (χ1v) is 7.14. The predicted octanol–water partition coefficient (Wildman–Crippen LogP) is 3.99. The first-order valence-electron chi connectivity index (χ1n) is 6.32. The van der Waals surface area contributed by atoms with Crippen molar-refractivity contribution in [3.63, 3.8) is 0 Å². The minimum atomic E-state index is 0.236. The maximum Gasteiger partial charge on any atom is 0.232 e. The third-order valence-corrected chi connectivity index (χ3v) is 4.20. The molecule has 20 heavy (non-hydrogen) atoms. The molecule has 1 aromatic carbocycles. The molecule has 0 aliphatic heterocycles. The Labute approximate surface area is 121 Å². The van der Waals surface area contributed by atoms with Gasteiger partial charge >= 0.3 is 0 Å². The second-order valence-electron chi connectivity index (χ2n) is 4.76. The molecule has 5 heteroatoms. The van der Waals surface area contributed by atoms with Crippen LogP contribution >= 0.6 is 11.3 Å². The van der Waals surface area contributed by atoms with Gasteiger partial charge in [0.2, 0.25) is 11.8 Å². The molecule has 0 aliphatic carbocycles. The molecule has 0 bridgehead atoms. The molecule has 0 fully saturated rings. The number of nitrogens with two attached hydrogens (primary N) is 1. The number of fused-ring (bicyclic) bond motifs is 1. The molecule has 0 saturated carbocycles. The Balaban J connectivity index is 2.12. The van der Waals surface area contributed by atoms with Crippen molar-refractivity contribution >= 4 is 27.5 Å². The maximum absolute atomic E-state index is 5.97. The van der Waals surface area contributed by atoms with Crippen LogP contribution in [0, 0.1) is 20.8 Å². The normalized spacial score (nSPS) is 10.9. The molecule has 2 N–H and O–H groups in total. The van der Waals surface area contributed by atoms with Crippen LogP contribution in [0.3, 0.4) is 0 Å². The van der Waals surface area contributed by atoms with Crippen LogP contribution in [0.15, 0.2) is 24.3 Å². The molecule has 0 amide bonds. The molecule has 0 spiro atoms. The SMILES string of the molecule is Cc1cc2c(Oc3cccc(C)c3C)nc(N)nc2s1. The van der Waals surface area contributed by atoms with Crippen molar-refractivity contribution in [2.75, 3.05) is 5.73 Å². The van der Waals surface area contributed by atoms with Crippen LogP contribution in [0.5, 0.6) is 11.6 Å². The van der Waals surface area contributed by atoms with Gasteiger partial charge in [-0.05, 0) is 44.0 Å². The minimum Gasteiger partial charge on any atom is -0.438 e. The Bertz CT molecular complexity index is 795. The quantitative estimate of drug-likeness (QED) is 0.773. The number of nitrogen functional groups attached to an aromatic ring is 1. The van der Waals surface area contributed by atoms with Gasteiger partial charge in [0.25, 0.3) is 0 Å². The van der Waals surface area contributed by atoms with Crippen molar-refractivity contribution in [1.82, 2.24) is 9.97 Å². The van der Waals surface area contributed by atoms with Crippen molar-refractivity contribution in [2.24, 2.45) is 0 Å². The third kappa shape index (κ3) is 2.20. The highest BCUT2D eigenvalue weighted by molar-refractivity contribution is 7.18. The number of thiophene rings is 1. The van der Waals surface area contributed by atoms with Crippen molar-refractivity contribution in [3.05, 3.63) is 40.3 Å². The van der Waals surface area contributed by atoms with Crippen molar-refractivity contribution in [1.29, 1.82) is 0 Å². The summed E-state index contributed by atoms with van der Waals surface area (Å²) in [5, 5.41) is 0.905. The van der Waals surface area contributed by atoms with Crippen LogP contribution in [0.1, 0.15) is 16.0 Å². The van der Waals surface area contributed by atoms with E-state index < -0.39 is 0 Å². The summed E-state index contributed by atoms with van der Waals surface area (Å²) in [5.74, 6) is 1.55. The van der Waals surface area contributed by atoms with E-state index in [0.29, 0.717) is 5.88 Å². The lowest BCUT2D eigenvalue weighted by atomic mass is 10.1. The van der Waals surface area contributed by atoms with Gasteiger partial charge in [-0.15, -0.1) is 11.3 Å². The fourth-order valence-corrected chi connectivity index (χ4v) is 2.93. The highest BCUT2D eigenvalue weighted by atomic mass is 32.1. The molecular formula is C15H15N3OS. The second-order valence-corrected chi connectivity index (χ2v) is 6.00. The number of hydrogen-bond acceptors (Lipinski definition) is 5. The number of hydrogen-bond donors (Lipinski definition) is 1. The zero-order valence-electron chi connectivity index (χ0n) is 11.6. The van der Waals surface area contributed by atoms with Crippen LogP contribution in [-0.4, -0.2) is 9.97 Å². The molecule has 0 radical (unpaired) electrons. The van der Waals surface area contributed by atoms with Gasteiger partial charge < -0.3 is 10.5 Å². The summed E-state index contributed by atoms with van der Waals surface area (Å²) in [5.41, 5.74) is 8.04. The number of nitrogens with zero attached hydrogens (tertiary/aromatic N) is 2. The van der Waals surface area contributed by atoms with Gasteiger partial charge in [0.05, 0.1) is 5.39 Å². The summed E-state index contributed by atoms with van der Waals surface area (Å²) in [4.78, 5) is 10.5. The van der Waals surface area contributed by atoms with Gasteiger partial charge in [0.15, 0.2) is 0 Å². The Hall–Kier alpha value is -2.14. The van der Waals surface area contributed by atoms with Crippen LogP contribution < -0.4 is 10.5 Å². The number of ether oxygens (including phenoxy) is 1. The Morgan fingerprint density at radius 3 is 2.75 bits per heavy atom. The summed E-state index contributed by atoms with van der Waals surface area (Å²) in [6, 6.07) is 7.99. The zero-order chi connectivity index (χ0) is 14.3. The van der Waals surface area contributed by atoms with Gasteiger partial charge in [-0.1, -0.05) is 12.1 Å². The summed E-state index contributed by atoms with van der Waals surface area (Å²) >= 11 is 1.59. The Kier molecular flexibility index (Phi) is 3.06. The summed E-state index contributed by atoms with van der Waals surface area (Å²) in [7, 11) is 0. The maximum atomic E-state index is 5.97. The van der Waals surface area contributed by atoms with Gasteiger partial charge in [-0.3, -0.25) is 0 Å². The standard InChI is InChI=1S/C15H15N3OS/c1-8-5-4-6-12(10(8)3)19-13-11-7-9(2)20-14(11)18-15(16)17-13/h4-7H,1-3H3,(H2,16,17,18). The molecule has 0 unspecified atom stereocenters. The van der Waals surface area contributed by atoms with E-state index in [1.54, 1.807) is 11.3 Å². The molecule has 4 nitrogen and oxygen atoms in total. The molecule has 0 saturated heterocycles.